The van der Waals surface area contributed by atoms with Gasteiger partial charge in [0.1, 0.15) is 11.2 Å². The summed E-state index contributed by atoms with van der Waals surface area (Å²) in [6, 6.07) is 67.9. The summed E-state index contributed by atoms with van der Waals surface area (Å²) in [5, 5.41) is 9.28. The van der Waals surface area contributed by atoms with Crippen molar-refractivity contribution in [3.05, 3.63) is 205 Å². The van der Waals surface area contributed by atoms with E-state index in [0.29, 0.717) is 0 Å². The molecule has 0 bridgehead atoms. The summed E-state index contributed by atoms with van der Waals surface area (Å²) in [5.74, 6) is 0. The first-order valence-corrected chi connectivity index (χ1v) is 21.4. The van der Waals surface area contributed by atoms with Crippen molar-refractivity contribution >= 4 is 65.3 Å². The third kappa shape index (κ3) is 5.06. The Kier molecular flexibility index (Phi) is 7.36. The van der Waals surface area contributed by atoms with Crippen molar-refractivity contribution in [1.82, 2.24) is 9.97 Å². The molecule has 12 aromatic rings. The van der Waals surface area contributed by atoms with E-state index >= 15 is 0 Å². The van der Waals surface area contributed by atoms with E-state index in [0.717, 1.165) is 82.8 Å². The van der Waals surface area contributed by atoms with Gasteiger partial charge in [0.25, 0.3) is 0 Å². The summed E-state index contributed by atoms with van der Waals surface area (Å²) < 4.78 is 7.16. The number of aromatic nitrogens is 2. The molecule has 0 fully saturated rings. The average Bonchev–Trinajstić information content (AvgIpc) is 3.84. The molecular weight excluding hydrogens is 753 g/mol. The van der Waals surface area contributed by atoms with Gasteiger partial charge in [-0.2, -0.15) is 0 Å². The number of hydrogen-bond acceptors (Lipinski definition) is 3. The number of fused-ring (bicyclic) bond motifs is 14. The van der Waals surface area contributed by atoms with Gasteiger partial charge >= 0.3 is 0 Å². The van der Waals surface area contributed by atoms with E-state index < -0.39 is 0 Å². The Hall–Kier alpha value is -7.88. The second-order valence-electron chi connectivity index (χ2n) is 17.3. The van der Waals surface area contributed by atoms with Gasteiger partial charge in [0.2, 0.25) is 0 Å². The average molecular weight is 791 g/mol. The van der Waals surface area contributed by atoms with E-state index in [4.69, 9.17) is 14.4 Å². The Labute approximate surface area is 358 Å². The van der Waals surface area contributed by atoms with E-state index in [1.807, 2.05) is 6.20 Å². The fourth-order valence-corrected chi connectivity index (χ4v) is 10.4. The van der Waals surface area contributed by atoms with Crippen molar-refractivity contribution in [3.8, 4) is 55.8 Å². The van der Waals surface area contributed by atoms with Crippen LogP contribution in [0.5, 0.6) is 0 Å². The molecule has 62 heavy (non-hydrogen) atoms. The van der Waals surface area contributed by atoms with Gasteiger partial charge in [0.15, 0.2) is 0 Å². The summed E-state index contributed by atoms with van der Waals surface area (Å²) in [6.45, 7) is 4.69. The van der Waals surface area contributed by atoms with Crippen LogP contribution in [0.2, 0.25) is 0 Å². The van der Waals surface area contributed by atoms with Crippen LogP contribution in [0.3, 0.4) is 0 Å². The Balaban J connectivity index is 0.936. The van der Waals surface area contributed by atoms with Crippen molar-refractivity contribution in [3.63, 3.8) is 0 Å². The molecule has 0 aliphatic heterocycles. The Morgan fingerprint density at radius 3 is 1.77 bits per heavy atom. The maximum absolute atomic E-state index is 7.16. The molecule has 13 rings (SSSR count). The number of rotatable bonds is 4. The Morgan fingerprint density at radius 1 is 0.387 bits per heavy atom. The zero-order valence-corrected chi connectivity index (χ0v) is 34.3. The first kappa shape index (κ1) is 34.9. The van der Waals surface area contributed by atoms with Crippen molar-refractivity contribution in [2.45, 2.75) is 19.3 Å². The molecule has 290 valence electrons. The van der Waals surface area contributed by atoms with Crippen LogP contribution < -0.4 is 0 Å². The Bertz CT molecular complexity index is 3820. The summed E-state index contributed by atoms with van der Waals surface area (Å²) >= 11 is 0. The smallest absolute Gasteiger partial charge is 0.143 e. The molecule has 3 nitrogen and oxygen atoms in total. The normalized spacial score (nSPS) is 13.1. The number of hydrogen-bond donors (Lipinski definition) is 0. The quantitative estimate of drug-likeness (QED) is 0.167. The van der Waals surface area contributed by atoms with E-state index in [9.17, 15) is 0 Å². The topological polar surface area (TPSA) is 38.9 Å². The molecule has 1 aliphatic carbocycles. The van der Waals surface area contributed by atoms with E-state index in [1.54, 1.807) is 0 Å². The second-order valence-corrected chi connectivity index (χ2v) is 17.3. The molecule has 0 unspecified atom stereocenters. The minimum absolute atomic E-state index is 0.101. The predicted octanol–water partition coefficient (Wildman–Crippen LogP) is 16.0. The lowest BCUT2D eigenvalue weighted by Gasteiger charge is -2.22. The van der Waals surface area contributed by atoms with Gasteiger partial charge in [0.05, 0.1) is 22.9 Å². The highest BCUT2D eigenvalue weighted by molar-refractivity contribution is 6.25. The molecule has 3 heteroatoms. The largest absolute Gasteiger partial charge is 0.455 e. The van der Waals surface area contributed by atoms with Gasteiger partial charge in [-0.1, -0.05) is 178 Å². The minimum Gasteiger partial charge on any atom is -0.455 e. The first-order valence-electron chi connectivity index (χ1n) is 21.4. The molecule has 2 aromatic heterocycles. The lowest BCUT2D eigenvalue weighted by Crippen LogP contribution is -2.14. The third-order valence-electron chi connectivity index (χ3n) is 13.5. The van der Waals surface area contributed by atoms with E-state index in [1.165, 1.54) is 49.4 Å². The summed E-state index contributed by atoms with van der Waals surface area (Å²) in [5.41, 5.74) is 17.5. The minimum atomic E-state index is -0.101. The SMILES string of the molecule is CC1(C)c2ccccc2-c2ccc(-c3cc4ccccc4c4c3oc3c(-c5cccc(-c6cccc(-c7cnc8c9ccccc9c9ccccc9c8n7)c6)c5)cccc34)cc21. The first-order chi connectivity index (χ1) is 30.5. The number of furan rings is 1. The van der Waals surface area contributed by atoms with Crippen LogP contribution in [-0.4, -0.2) is 9.97 Å². The summed E-state index contributed by atoms with van der Waals surface area (Å²) in [4.78, 5) is 10.3. The van der Waals surface area contributed by atoms with Crippen molar-refractivity contribution in [1.29, 1.82) is 0 Å². The van der Waals surface area contributed by atoms with Gasteiger partial charge in [-0.15, -0.1) is 0 Å². The van der Waals surface area contributed by atoms with Crippen LogP contribution in [0.4, 0.5) is 0 Å². The van der Waals surface area contributed by atoms with E-state index in [2.05, 4.69) is 202 Å². The van der Waals surface area contributed by atoms with Gasteiger partial charge in [0, 0.05) is 43.7 Å². The van der Waals surface area contributed by atoms with Crippen LogP contribution in [0, 0.1) is 0 Å². The summed E-state index contributed by atoms with van der Waals surface area (Å²) in [7, 11) is 0. The Morgan fingerprint density at radius 2 is 0.968 bits per heavy atom. The molecule has 10 aromatic carbocycles. The highest BCUT2D eigenvalue weighted by Gasteiger charge is 2.35. The van der Waals surface area contributed by atoms with Crippen molar-refractivity contribution < 1.29 is 4.42 Å². The van der Waals surface area contributed by atoms with E-state index in [-0.39, 0.29) is 5.41 Å². The molecule has 0 atom stereocenters. The number of para-hydroxylation sites is 1. The van der Waals surface area contributed by atoms with Gasteiger partial charge in [-0.25, -0.2) is 4.98 Å². The molecule has 0 radical (unpaired) electrons. The molecule has 0 spiro atoms. The molecule has 0 amide bonds. The number of benzene rings is 10. The van der Waals surface area contributed by atoms with Gasteiger partial charge in [-0.3, -0.25) is 4.98 Å². The fraction of sp³-hybridized carbons (Fsp3) is 0.0508. The van der Waals surface area contributed by atoms with Crippen LogP contribution in [0.25, 0.3) is 121 Å². The van der Waals surface area contributed by atoms with Crippen LogP contribution in [-0.2, 0) is 5.41 Å². The molecule has 0 saturated carbocycles. The standard InChI is InChI=1S/C59H38N2O/c1-59(2)51-27-10-9-22-45(51)46-29-28-39(33-52(46)59)50-32-38-14-3-4-19-41(38)54-49-26-13-25-42(57(49)62-58(50)54)37-17-11-15-35(30-37)36-16-12-18-40(31-36)53-34-60-55-47-23-7-5-20-43(47)44-21-6-8-24-48(44)56(55)61-53/h3-34H,1-2H3. The third-order valence-corrected chi connectivity index (χ3v) is 13.5. The summed E-state index contributed by atoms with van der Waals surface area (Å²) in [6.07, 6.45) is 1.92. The zero-order valence-electron chi connectivity index (χ0n) is 34.3. The highest BCUT2D eigenvalue weighted by atomic mass is 16.3. The second kappa shape index (κ2) is 13.1. The number of nitrogens with zero attached hydrogens (tertiary/aromatic N) is 2. The van der Waals surface area contributed by atoms with Crippen molar-refractivity contribution in [2.75, 3.05) is 0 Å². The maximum Gasteiger partial charge on any atom is 0.143 e. The van der Waals surface area contributed by atoms with Crippen LogP contribution >= 0.6 is 0 Å². The molecular formula is C59H38N2O. The van der Waals surface area contributed by atoms with Gasteiger partial charge < -0.3 is 4.42 Å². The van der Waals surface area contributed by atoms with Gasteiger partial charge in [-0.05, 0) is 90.3 Å². The predicted molar refractivity (Wildman–Crippen MR) is 259 cm³/mol. The monoisotopic (exact) mass is 790 g/mol. The molecule has 0 saturated heterocycles. The zero-order chi connectivity index (χ0) is 41.1. The lowest BCUT2D eigenvalue weighted by molar-refractivity contribution is 0.660. The van der Waals surface area contributed by atoms with Crippen LogP contribution in [0.1, 0.15) is 25.0 Å². The van der Waals surface area contributed by atoms with Crippen LogP contribution in [0.15, 0.2) is 199 Å². The molecule has 1 aliphatic rings. The van der Waals surface area contributed by atoms with Crippen molar-refractivity contribution in [2.24, 2.45) is 0 Å². The highest BCUT2D eigenvalue weighted by Crippen LogP contribution is 2.51. The lowest BCUT2D eigenvalue weighted by atomic mass is 9.81. The fourth-order valence-electron chi connectivity index (χ4n) is 10.4. The molecule has 0 N–H and O–H groups in total. The maximum atomic E-state index is 7.16. The molecule has 2 heterocycles.